The summed E-state index contributed by atoms with van der Waals surface area (Å²) in [5.74, 6) is -0.0764. The maximum atomic E-state index is 12.0. The summed E-state index contributed by atoms with van der Waals surface area (Å²) < 4.78 is 10.8. The number of ether oxygens (including phenoxy) is 2. The molecule has 1 unspecified atom stereocenters. The van der Waals surface area contributed by atoms with Crippen LogP contribution in [0.2, 0.25) is 0 Å². The lowest BCUT2D eigenvalue weighted by atomic mass is 10.1. The van der Waals surface area contributed by atoms with Gasteiger partial charge in [0.15, 0.2) is 11.5 Å². The van der Waals surface area contributed by atoms with E-state index in [4.69, 9.17) is 15.2 Å². The molecule has 0 spiro atoms. The topological polar surface area (TPSA) is 90.7 Å². The van der Waals surface area contributed by atoms with E-state index < -0.39 is 17.9 Å². The smallest absolute Gasteiger partial charge is 0.255 e. The van der Waals surface area contributed by atoms with Crippen molar-refractivity contribution in [3.05, 3.63) is 23.8 Å². The predicted molar refractivity (Wildman–Crippen MR) is 63.6 cm³/mol. The average Bonchev–Trinajstić information content (AvgIpc) is 2.37. The van der Waals surface area contributed by atoms with E-state index >= 15 is 0 Å². The van der Waals surface area contributed by atoms with Gasteiger partial charge in [-0.15, -0.1) is 0 Å². The normalized spacial score (nSPS) is 14.7. The van der Waals surface area contributed by atoms with Crippen LogP contribution in [0.3, 0.4) is 0 Å². The van der Waals surface area contributed by atoms with Crippen molar-refractivity contribution in [3.8, 4) is 11.5 Å². The highest BCUT2D eigenvalue weighted by molar-refractivity contribution is 6.00. The fourth-order valence-corrected chi connectivity index (χ4v) is 1.60. The molecule has 0 radical (unpaired) electrons. The first-order valence-electron chi connectivity index (χ1n) is 5.58. The van der Waals surface area contributed by atoms with Gasteiger partial charge in [0, 0.05) is 0 Å². The molecular formula is C12H14N2O4. The minimum absolute atomic E-state index is 0.334. The molecule has 1 aromatic rings. The Bertz CT molecular complexity index is 487. The van der Waals surface area contributed by atoms with Crippen LogP contribution in [-0.2, 0) is 4.79 Å². The Labute approximate surface area is 104 Å². The molecule has 2 amide bonds. The number of benzene rings is 1. The average molecular weight is 250 g/mol. The minimum atomic E-state index is -0.738. The maximum Gasteiger partial charge on any atom is 0.255 e. The summed E-state index contributed by atoms with van der Waals surface area (Å²) >= 11 is 0. The Morgan fingerprint density at radius 2 is 2.06 bits per heavy atom. The van der Waals surface area contributed by atoms with E-state index in [0.29, 0.717) is 30.3 Å². The standard InChI is InChI=1S/C12H14N2O4/c1-7(11(13)15)14-12(16)8-3-2-4-9-10(8)18-6-5-17-9/h2-4,7H,5-6H2,1H3,(H2,13,15)(H,14,16). The SMILES string of the molecule is CC(NC(=O)c1cccc2c1OCCO2)C(N)=O. The van der Waals surface area contributed by atoms with Crippen molar-refractivity contribution in [2.75, 3.05) is 13.2 Å². The fraction of sp³-hybridized carbons (Fsp3) is 0.333. The zero-order valence-electron chi connectivity index (χ0n) is 9.93. The number of amides is 2. The van der Waals surface area contributed by atoms with Crippen molar-refractivity contribution in [1.82, 2.24) is 5.32 Å². The van der Waals surface area contributed by atoms with Crippen molar-refractivity contribution in [3.63, 3.8) is 0 Å². The predicted octanol–water partition coefficient (Wildman–Crippen LogP) is 0.0614. The quantitative estimate of drug-likeness (QED) is 0.793. The van der Waals surface area contributed by atoms with Gasteiger partial charge in [0.2, 0.25) is 5.91 Å². The van der Waals surface area contributed by atoms with Crippen LogP contribution in [0.15, 0.2) is 18.2 Å². The number of hydrogen-bond donors (Lipinski definition) is 2. The molecule has 1 aromatic carbocycles. The number of rotatable bonds is 3. The number of hydrogen-bond acceptors (Lipinski definition) is 4. The van der Waals surface area contributed by atoms with E-state index in [1.165, 1.54) is 6.92 Å². The summed E-state index contributed by atoms with van der Waals surface area (Å²) in [6.07, 6.45) is 0. The van der Waals surface area contributed by atoms with Gasteiger partial charge >= 0.3 is 0 Å². The number of nitrogens with two attached hydrogens (primary N) is 1. The second kappa shape index (κ2) is 4.95. The number of carbonyl (C=O) groups is 2. The summed E-state index contributed by atoms with van der Waals surface area (Å²) in [4.78, 5) is 22.9. The number of primary amides is 1. The van der Waals surface area contributed by atoms with Gasteiger partial charge in [0.25, 0.3) is 5.91 Å². The van der Waals surface area contributed by atoms with Gasteiger partial charge < -0.3 is 20.5 Å². The van der Waals surface area contributed by atoms with E-state index in [1.807, 2.05) is 0 Å². The summed E-state index contributed by atoms with van der Waals surface area (Å²) in [6.45, 7) is 2.37. The van der Waals surface area contributed by atoms with Crippen LogP contribution in [0.1, 0.15) is 17.3 Å². The molecule has 0 bridgehead atoms. The first kappa shape index (κ1) is 12.2. The summed E-state index contributed by atoms with van der Waals surface area (Å²) in [6, 6.07) is 4.29. The van der Waals surface area contributed by atoms with E-state index in [2.05, 4.69) is 5.32 Å². The molecular weight excluding hydrogens is 236 g/mol. The van der Waals surface area contributed by atoms with E-state index in [1.54, 1.807) is 18.2 Å². The molecule has 6 nitrogen and oxygen atoms in total. The van der Waals surface area contributed by atoms with Crippen LogP contribution < -0.4 is 20.5 Å². The fourth-order valence-electron chi connectivity index (χ4n) is 1.60. The van der Waals surface area contributed by atoms with E-state index in [0.717, 1.165) is 0 Å². The molecule has 0 fully saturated rings. The van der Waals surface area contributed by atoms with Gasteiger partial charge in [-0.05, 0) is 19.1 Å². The Balaban J connectivity index is 2.23. The van der Waals surface area contributed by atoms with Crippen molar-refractivity contribution >= 4 is 11.8 Å². The van der Waals surface area contributed by atoms with Gasteiger partial charge in [-0.1, -0.05) is 6.07 Å². The number of nitrogens with one attached hydrogen (secondary N) is 1. The van der Waals surface area contributed by atoms with Crippen LogP contribution in [-0.4, -0.2) is 31.1 Å². The molecule has 0 saturated heterocycles. The molecule has 1 aliphatic rings. The van der Waals surface area contributed by atoms with Crippen molar-refractivity contribution in [2.24, 2.45) is 5.73 Å². The third-order valence-corrected chi connectivity index (χ3v) is 2.59. The summed E-state index contributed by atoms with van der Waals surface area (Å²) in [5.41, 5.74) is 5.42. The lowest BCUT2D eigenvalue weighted by molar-refractivity contribution is -0.119. The molecule has 96 valence electrons. The van der Waals surface area contributed by atoms with Crippen molar-refractivity contribution in [1.29, 1.82) is 0 Å². The molecule has 0 aliphatic carbocycles. The van der Waals surface area contributed by atoms with Gasteiger partial charge in [-0.2, -0.15) is 0 Å². The zero-order chi connectivity index (χ0) is 13.1. The Hall–Kier alpha value is -2.24. The van der Waals surface area contributed by atoms with Crippen LogP contribution in [0, 0.1) is 0 Å². The highest BCUT2D eigenvalue weighted by atomic mass is 16.6. The molecule has 6 heteroatoms. The number of para-hydroxylation sites is 1. The Morgan fingerprint density at radius 3 is 2.78 bits per heavy atom. The molecule has 18 heavy (non-hydrogen) atoms. The molecule has 1 atom stereocenters. The molecule has 1 heterocycles. The van der Waals surface area contributed by atoms with Crippen molar-refractivity contribution in [2.45, 2.75) is 13.0 Å². The van der Waals surface area contributed by atoms with E-state index in [-0.39, 0.29) is 0 Å². The van der Waals surface area contributed by atoms with Crippen molar-refractivity contribution < 1.29 is 19.1 Å². The largest absolute Gasteiger partial charge is 0.486 e. The molecule has 1 aliphatic heterocycles. The van der Waals surface area contributed by atoms with E-state index in [9.17, 15) is 9.59 Å². The minimum Gasteiger partial charge on any atom is -0.486 e. The molecule has 3 N–H and O–H groups in total. The third-order valence-electron chi connectivity index (χ3n) is 2.59. The lowest BCUT2D eigenvalue weighted by Crippen LogP contribution is -2.42. The first-order valence-corrected chi connectivity index (χ1v) is 5.58. The Morgan fingerprint density at radius 1 is 1.33 bits per heavy atom. The van der Waals surface area contributed by atoms with Crippen LogP contribution >= 0.6 is 0 Å². The molecule has 2 rings (SSSR count). The zero-order valence-corrected chi connectivity index (χ0v) is 9.93. The van der Waals surface area contributed by atoms with Gasteiger partial charge in [0.1, 0.15) is 19.3 Å². The van der Waals surface area contributed by atoms with Gasteiger partial charge in [-0.3, -0.25) is 9.59 Å². The van der Waals surface area contributed by atoms with Crippen LogP contribution in [0.4, 0.5) is 0 Å². The number of fused-ring (bicyclic) bond motifs is 1. The second-order valence-corrected chi connectivity index (χ2v) is 3.93. The molecule has 0 saturated carbocycles. The lowest BCUT2D eigenvalue weighted by Gasteiger charge is -2.21. The van der Waals surface area contributed by atoms with Crippen LogP contribution in [0.5, 0.6) is 11.5 Å². The third kappa shape index (κ3) is 2.37. The highest BCUT2D eigenvalue weighted by Crippen LogP contribution is 2.33. The van der Waals surface area contributed by atoms with Gasteiger partial charge in [-0.25, -0.2) is 0 Å². The summed E-state index contributed by atoms with van der Waals surface area (Å²) in [7, 11) is 0. The summed E-state index contributed by atoms with van der Waals surface area (Å²) in [5, 5.41) is 2.50. The number of carbonyl (C=O) groups excluding carboxylic acids is 2. The monoisotopic (exact) mass is 250 g/mol. The van der Waals surface area contributed by atoms with Gasteiger partial charge in [0.05, 0.1) is 5.56 Å². The second-order valence-electron chi connectivity index (χ2n) is 3.93. The first-order chi connectivity index (χ1) is 8.59. The molecule has 0 aromatic heterocycles. The van der Waals surface area contributed by atoms with Crippen LogP contribution in [0.25, 0.3) is 0 Å². The highest BCUT2D eigenvalue weighted by Gasteiger charge is 2.22. The Kier molecular flexibility index (Phi) is 3.36. The maximum absolute atomic E-state index is 12.0.